The van der Waals surface area contributed by atoms with E-state index >= 15 is 0 Å². The molecule has 1 atom stereocenters. The van der Waals surface area contributed by atoms with Crippen LogP contribution in [0.2, 0.25) is 0 Å². The average molecular weight is 446 g/mol. The standard InChI is InChI=1S/C20H35N3O4S2/c1-15(2)13-19(24)21-8-7-17-5-6-20(28-17)29(25,26)22-14-18(16(3)4)23-9-11-27-12-10-23/h5-6,15-16,18,22H,7-14H2,1-4H3,(H,21,24). The van der Waals surface area contributed by atoms with Crippen molar-refractivity contribution in [3.05, 3.63) is 17.0 Å². The molecule has 2 rings (SSSR count). The van der Waals surface area contributed by atoms with E-state index in [1.807, 2.05) is 19.9 Å². The minimum Gasteiger partial charge on any atom is -0.379 e. The largest absolute Gasteiger partial charge is 0.379 e. The molecule has 0 aromatic carbocycles. The Morgan fingerprint density at radius 2 is 1.90 bits per heavy atom. The fourth-order valence-corrected chi connectivity index (χ4v) is 5.82. The van der Waals surface area contributed by atoms with Crippen molar-refractivity contribution in [2.75, 3.05) is 39.4 Å². The maximum Gasteiger partial charge on any atom is 0.250 e. The van der Waals surface area contributed by atoms with Gasteiger partial charge in [-0.2, -0.15) is 0 Å². The van der Waals surface area contributed by atoms with E-state index in [2.05, 4.69) is 28.8 Å². The van der Waals surface area contributed by atoms with Crippen molar-refractivity contribution in [2.45, 2.75) is 50.8 Å². The maximum atomic E-state index is 12.7. The number of nitrogens with one attached hydrogen (secondary N) is 2. The summed E-state index contributed by atoms with van der Waals surface area (Å²) >= 11 is 1.27. The third-order valence-electron chi connectivity index (χ3n) is 4.96. The molecule has 0 saturated carbocycles. The smallest absolute Gasteiger partial charge is 0.250 e. The highest BCUT2D eigenvalue weighted by Crippen LogP contribution is 2.22. The molecule has 7 nitrogen and oxygen atoms in total. The molecule has 0 radical (unpaired) electrons. The molecule has 1 fully saturated rings. The Hall–Kier alpha value is -1.00. The first kappa shape index (κ1) is 24.3. The van der Waals surface area contributed by atoms with Gasteiger partial charge in [-0.05, 0) is 30.4 Å². The number of ether oxygens (including phenoxy) is 1. The molecule has 0 aliphatic carbocycles. The van der Waals surface area contributed by atoms with Gasteiger partial charge in [-0.3, -0.25) is 9.69 Å². The van der Waals surface area contributed by atoms with E-state index < -0.39 is 10.0 Å². The Balaban J connectivity index is 1.88. The second kappa shape index (κ2) is 11.4. The molecular weight excluding hydrogens is 410 g/mol. The highest BCUT2D eigenvalue weighted by Gasteiger charge is 2.26. The normalized spacial score (nSPS) is 17.0. The zero-order valence-corrected chi connectivity index (χ0v) is 19.6. The van der Waals surface area contributed by atoms with Gasteiger partial charge in [0.1, 0.15) is 4.21 Å². The zero-order chi connectivity index (χ0) is 21.4. The fourth-order valence-electron chi connectivity index (χ4n) is 3.37. The molecule has 1 aromatic rings. The van der Waals surface area contributed by atoms with E-state index in [-0.39, 0.29) is 11.9 Å². The first-order valence-corrected chi connectivity index (χ1v) is 12.7. The van der Waals surface area contributed by atoms with Gasteiger partial charge in [0.15, 0.2) is 0 Å². The molecule has 1 amide bonds. The summed E-state index contributed by atoms with van der Waals surface area (Å²) in [6.07, 6.45) is 1.14. The van der Waals surface area contributed by atoms with Crippen LogP contribution < -0.4 is 10.0 Å². The summed E-state index contributed by atoms with van der Waals surface area (Å²) in [5.41, 5.74) is 0. The topological polar surface area (TPSA) is 87.7 Å². The monoisotopic (exact) mass is 445 g/mol. The molecular formula is C20H35N3O4S2. The molecule has 2 N–H and O–H groups in total. The van der Waals surface area contributed by atoms with E-state index in [0.29, 0.717) is 55.2 Å². The Labute approximate surface area is 179 Å². The van der Waals surface area contributed by atoms with Crippen molar-refractivity contribution < 1.29 is 17.9 Å². The Kier molecular flexibility index (Phi) is 9.55. The predicted molar refractivity (Wildman–Crippen MR) is 117 cm³/mol. The SMILES string of the molecule is CC(C)CC(=O)NCCc1ccc(S(=O)(=O)NCC(C(C)C)N2CCOCC2)s1. The van der Waals surface area contributed by atoms with Crippen LogP contribution in [0, 0.1) is 11.8 Å². The van der Waals surface area contributed by atoms with Gasteiger partial charge >= 0.3 is 0 Å². The molecule has 1 unspecified atom stereocenters. The van der Waals surface area contributed by atoms with E-state index in [0.717, 1.165) is 18.0 Å². The number of carbonyl (C=O) groups is 1. The Bertz CT molecular complexity index is 741. The van der Waals surface area contributed by atoms with Gasteiger partial charge in [0, 0.05) is 43.5 Å². The Morgan fingerprint density at radius 3 is 2.52 bits per heavy atom. The molecule has 166 valence electrons. The van der Waals surface area contributed by atoms with Gasteiger partial charge in [-0.25, -0.2) is 13.1 Å². The number of amides is 1. The Morgan fingerprint density at radius 1 is 1.21 bits per heavy atom. The highest BCUT2D eigenvalue weighted by atomic mass is 32.2. The number of thiophene rings is 1. The van der Waals surface area contributed by atoms with Crippen LogP contribution in [0.4, 0.5) is 0 Å². The fraction of sp³-hybridized carbons (Fsp3) is 0.750. The number of carbonyl (C=O) groups excluding carboxylic acids is 1. The van der Waals surface area contributed by atoms with Crippen molar-refractivity contribution in [1.82, 2.24) is 14.9 Å². The molecule has 2 heterocycles. The van der Waals surface area contributed by atoms with Gasteiger partial charge in [0.25, 0.3) is 0 Å². The van der Waals surface area contributed by atoms with Gasteiger partial charge in [-0.1, -0.05) is 27.7 Å². The summed E-state index contributed by atoms with van der Waals surface area (Å²) in [6, 6.07) is 3.62. The summed E-state index contributed by atoms with van der Waals surface area (Å²) in [6.45, 7) is 12.2. The molecule has 1 aliphatic heterocycles. The second-order valence-electron chi connectivity index (χ2n) is 8.23. The minimum absolute atomic E-state index is 0.0360. The molecule has 1 aliphatic rings. The highest BCUT2D eigenvalue weighted by molar-refractivity contribution is 7.91. The molecule has 29 heavy (non-hydrogen) atoms. The number of rotatable bonds is 11. The molecule has 9 heteroatoms. The van der Waals surface area contributed by atoms with Crippen LogP contribution in [0.3, 0.4) is 0 Å². The molecule has 0 spiro atoms. The lowest BCUT2D eigenvalue weighted by atomic mass is 10.0. The third-order valence-corrected chi connectivity index (χ3v) is 8.02. The van der Waals surface area contributed by atoms with E-state index in [1.165, 1.54) is 11.3 Å². The summed E-state index contributed by atoms with van der Waals surface area (Å²) in [5.74, 6) is 0.699. The van der Waals surface area contributed by atoms with Crippen molar-refractivity contribution in [1.29, 1.82) is 0 Å². The van der Waals surface area contributed by atoms with Crippen LogP contribution in [0.5, 0.6) is 0 Å². The van der Waals surface area contributed by atoms with Crippen molar-refractivity contribution in [3.8, 4) is 0 Å². The quantitative estimate of drug-likeness (QED) is 0.545. The lowest BCUT2D eigenvalue weighted by molar-refractivity contribution is -0.121. The predicted octanol–water partition coefficient (Wildman–Crippen LogP) is 2.09. The third kappa shape index (κ3) is 7.97. The van der Waals surface area contributed by atoms with E-state index in [4.69, 9.17) is 4.74 Å². The lowest BCUT2D eigenvalue weighted by Crippen LogP contribution is -2.51. The zero-order valence-electron chi connectivity index (χ0n) is 17.9. The summed E-state index contributed by atoms with van der Waals surface area (Å²) in [5, 5.41) is 2.89. The molecule has 1 saturated heterocycles. The summed E-state index contributed by atoms with van der Waals surface area (Å²) in [4.78, 5) is 15.0. The van der Waals surface area contributed by atoms with Crippen LogP contribution in [-0.2, 0) is 26.0 Å². The van der Waals surface area contributed by atoms with E-state index in [9.17, 15) is 13.2 Å². The van der Waals surface area contributed by atoms with Crippen molar-refractivity contribution >= 4 is 27.3 Å². The minimum atomic E-state index is -3.54. The maximum absolute atomic E-state index is 12.7. The summed E-state index contributed by atoms with van der Waals surface area (Å²) in [7, 11) is -3.54. The van der Waals surface area contributed by atoms with Crippen LogP contribution in [0.25, 0.3) is 0 Å². The summed E-state index contributed by atoms with van der Waals surface area (Å²) < 4.78 is 34.0. The van der Waals surface area contributed by atoms with Gasteiger partial charge < -0.3 is 10.1 Å². The number of morpholine rings is 1. The van der Waals surface area contributed by atoms with Gasteiger partial charge in [-0.15, -0.1) is 11.3 Å². The number of nitrogens with zero attached hydrogens (tertiary/aromatic N) is 1. The van der Waals surface area contributed by atoms with Crippen molar-refractivity contribution in [2.24, 2.45) is 11.8 Å². The van der Waals surface area contributed by atoms with Crippen LogP contribution in [-0.4, -0.2) is 64.7 Å². The van der Waals surface area contributed by atoms with Crippen LogP contribution in [0.15, 0.2) is 16.3 Å². The molecule has 1 aromatic heterocycles. The molecule has 0 bridgehead atoms. The number of hydrogen-bond acceptors (Lipinski definition) is 6. The number of sulfonamides is 1. The number of hydrogen-bond donors (Lipinski definition) is 2. The first-order valence-electron chi connectivity index (χ1n) is 10.4. The van der Waals surface area contributed by atoms with E-state index in [1.54, 1.807) is 6.07 Å². The van der Waals surface area contributed by atoms with Gasteiger partial charge in [0.05, 0.1) is 13.2 Å². The van der Waals surface area contributed by atoms with Gasteiger partial charge in [0.2, 0.25) is 15.9 Å². The van der Waals surface area contributed by atoms with Crippen molar-refractivity contribution in [3.63, 3.8) is 0 Å². The average Bonchev–Trinajstić information content (AvgIpc) is 3.11. The second-order valence-corrected chi connectivity index (χ2v) is 11.4. The van der Waals surface area contributed by atoms with Crippen LogP contribution in [0.1, 0.15) is 39.0 Å². The lowest BCUT2D eigenvalue weighted by Gasteiger charge is -2.36. The first-order chi connectivity index (χ1) is 13.7. The van der Waals surface area contributed by atoms with Crippen LogP contribution >= 0.6 is 11.3 Å².